The highest BCUT2D eigenvalue weighted by atomic mass is 35.5. The molecule has 4 aromatic carbocycles. The third-order valence-corrected chi connectivity index (χ3v) is 9.79. The fourth-order valence-corrected chi connectivity index (χ4v) is 6.97. The normalized spacial score (nSPS) is 13.0. The van der Waals surface area contributed by atoms with E-state index >= 15 is 0 Å². The highest BCUT2D eigenvalue weighted by Gasteiger charge is 2.35. The number of rotatable bonds is 14. The maximum Gasteiger partial charge on any atom is 0.264 e. The number of nitrogens with one attached hydrogen (secondary N) is 1. The second-order valence-electron chi connectivity index (χ2n) is 11.2. The van der Waals surface area contributed by atoms with Crippen molar-refractivity contribution in [1.82, 2.24) is 10.2 Å². The minimum atomic E-state index is -4.24. The predicted molar refractivity (Wildman–Crippen MR) is 182 cm³/mol. The number of fused-ring (bicyclic) bond motifs is 1. The van der Waals surface area contributed by atoms with E-state index in [9.17, 15) is 18.0 Å². The average Bonchev–Trinajstić information content (AvgIpc) is 3.09. The zero-order valence-corrected chi connectivity index (χ0v) is 27.8. The molecule has 4 aromatic rings. The molecule has 1 unspecified atom stereocenters. The Morgan fingerprint density at radius 1 is 0.851 bits per heavy atom. The van der Waals surface area contributed by atoms with Crippen molar-refractivity contribution in [2.75, 3.05) is 30.6 Å². The molecular formula is C36H38ClN3O6S. The van der Waals surface area contributed by atoms with Crippen LogP contribution in [0.2, 0.25) is 5.02 Å². The number of carbonyl (C=O) groups excluding carboxylic acids is 2. The zero-order valence-electron chi connectivity index (χ0n) is 26.2. The molecule has 1 aliphatic heterocycles. The molecule has 0 saturated carbocycles. The van der Waals surface area contributed by atoms with Crippen LogP contribution >= 0.6 is 11.6 Å². The zero-order chi connectivity index (χ0) is 33.2. The summed E-state index contributed by atoms with van der Waals surface area (Å²) in [4.78, 5) is 29.9. The summed E-state index contributed by atoms with van der Waals surface area (Å²) in [5.74, 6) is -0.0273. The van der Waals surface area contributed by atoms with Crippen LogP contribution in [0.5, 0.6) is 11.5 Å². The monoisotopic (exact) mass is 675 g/mol. The largest absolute Gasteiger partial charge is 0.486 e. The lowest BCUT2D eigenvalue weighted by Crippen LogP contribution is -2.53. The van der Waals surface area contributed by atoms with E-state index in [4.69, 9.17) is 21.1 Å². The lowest BCUT2D eigenvalue weighted by Gasteiger charge is -2.34. The molecule has 0 fully saturated rings. The molecule has 0 aromatic heterocycles. The molecular weight excluding hydrogens is 638 g/mol. The van der Waals surface area contributed by atoms with Gasteiger partial charge in [-0.05, 0) is 53.9 Å². The van der Waals surface area contributed by atoms with Gasteiger partial charge in [-0.3, -0.25) is 13.9 Å². The number of halogens is 1. The van der Waals surface area contributed by atoms with E-state index in [0.29, 0.717) is 41.8 Å². The van der Waals surface area contributed by atoms with Crippen molar-refractivity contribution < 1.29 is 27.5 Å². The maximum atomic E-state index is 14.6. The Kier molecular flexibility index (Phi) is 11.4. The van der Waals surface area contributed by atoms with Crippen LogP contribution in [0.3, 0.4) is 0 Å². The Balaban J connectivity index is 1.57. The van der Waals surface area contributed by atoms with Crippen LogP contribution in [0, 0.1) is 0 Å². The van der Waals surface area contributed by atoms with Gasteiger partial charge in [0.25, 0.3) is 10.0 Å². The maximum absolute atomic E-state index is 14.6. The molecule has 2 amide bonds. The van der Waals surface area contributed by atoms with Gasteiger partial charge in [-0.1, -0.05) is 85.6 Å². The molecule has 0 bridgehead atoms. The van der Waals surface area contributed by atoms with Crippen molar-refractivity contribution in [1.29, 1.82) is 0 Å². The number of unbranched alkanes of at least 4 members (excludes halogenated alkanes) is 1. The first kappa shape index (κ1) is 33.8. The van der Waals surface area contributed by atoms with E-state index in [1.54, 1.807) is 54.6 Å². The first-order valence-corrected chi connectivity index (χ1v) is 17.4. The van der Waals surface area contributed by atoms with Gasteiger partial charge in [-0.2, -0.15) is 0 Å². The number of nitrogens with zero attached hydrogens (tertiary/aromatic N) is 2. The molecule has 1 N–H and O–H groups in total. The van der Waals surface area contributed by atoms with E-state index in [1.165, 1.54) is 17.0 Å². The number of hydrogen-bond donors (Lipinski definition) is 1. The molecule has 47 heavy (non-hydrogen) atoms. The van der Waals surface area contributed by atoms with Crippen molar-refractivity contribution in [3.05, 3.63) is 119 Å². The summed E-state index contributed by atoms with van der Waals surface area (Å²) in [6.45, 7) is 2.61. The molecule has 0 aliphatic carbocycles. The Bertz CT molecular complexity index is 1770. The second-order valence-corrected chi connectivity index (χ2v) is 13.5. The molecule has 246 valence electrons. The summed E-state index contributed by atoms with van der Waals surface area (Å²) in [5, 5.41) is 3.47. The molecule has 1 heterocycles. The van der Waals surface area contributed by atoms with Crippen molar-refractivity contribution in [3.8, 4) is 11.5 Å². The molecule has 1 aliphatic rings. The Hall–Kier alpha value is -4.54. The molecule has 0 radical (unpaired) electrons. The van der Waals surface area contributed by atoms with Gasteiger partial charge < -0.3 is 19.7 Å². The topological polar surface area (TPSA) is 105 Å². The van der Waals surface area contributed by atoms with E-state index in [2.05, 4.69) is 5.32 Å². The van der Waals surface area contributed by atoms with Crippen LogP contribution in [0.4, 0.5) is 5.69 Å². The smallest absolute Gasteiger partial charge is 0.264 e. The van der Waals surface area contributed by atoms with E-state index < -0.39 is 28.5 Å². The third-order valence-electron chi connectivity index (χ3n) is 7.77. The van der Waals surface area contributed by atoms with Gasteiger partial charge >= 0.3 is 0 Å². The number of anilines is 1. The number of amides is 2. The van der Waals surface area contributed by atoms with E-state index in [1.807, 2.05) is 43.3 Å². The Morgan fingerprint density at radius 3 is 2.23 bits per heavy atom. The fraction of sp³-hybridized carbons (Fsp3) is 0.278. The summed E-state index contributed by atoms with van der Waals surface area (Å²) in [5.41, 5.74) is 1.77. The number of ether oxygens (including phenoxy) is 2. The van der Waals surface area contributed by atoms with Crippen LogP contribution in [0.15, 0.2) is 108 Å². The first-order valence-electron chi connectivity index (χ1n) is 15.6. The minimum absolute atomic E-state index is 0.0159. The second kappa shape index (κ2) is 15.8. The standard InChI is InChI=1S/C36H38ClN3O6S/c1-2-3-19-38-36(42)32(23-27-11-6-4-7-12-27)39(25-28-13-10-14-29(37)22-28)35(41)26-40(47(43,44)31-15-8-5-9-16-31)30-17-18-33-34(24-30)46-21-20-45-33/h4-18,22,24,32H,2-3,19-21,23,25-26H2,1H3,(H,38,42). The molecule has 0 saturated heterocycles. The SMILES string of the molecule is CCCCNC(=O)C(Cc1ccccc1)N(Cc1cccc(Cl)c1)C(=O)CN(c1ccc2c(c1)OCCO2)S(=O)(=O)c1ccccc1. The molecule has 0 spiro atoms. The van der Waals surface area contributed by atoms with Crippen LogP contribution in [-0.4, -0.2) is 57.5 Å². The Morgan fingerprint density at radius 2 is 1.53 bits per heavy atom. The van der Waals surface area contributed by atoms with Gasteiger partial charge in [-0.15, -0.1) is 0 Å². The van der Waals surface area contributed by atoms with Crippen molar-refractivity contribution >= 4 is 39.1 Å². The lowest BCUT2D eigenvalue weighted by molar-refractivity contribution is -0.140. The van der Waals surface area contributed by atoms with Crippen LogP contribution in [0.1, 0.15) is 30.9 Å². The predicted octanol–water partition coefficient (Wildman–Crippen LogP) is 5.86. The number of carbonyl (C=O) groups is 2. The summed E-state index contributed by atoms with van der Waals surface area (Å²) in [6, 6.07) is 28.2. The summed E-state index contributed by atoms with van der Waals surface area (Å²) >= 11 is 6.32. The van der Waals surface area contributed by atoms with Gasteiger partial charge in [-0.25, -0.2) is 8.42 Å². The van der Waals surface area contributed by atoms with Gasteiger partial charge in [0.2, 0.25) is 11.8 Å². The van der Waals surface area contributed by atoms with Gasteiger partial charge in [0.05, 0.1) is 10.6 Å². The number of sulfonamides is 1. The molecule has 5 rings (SSSR count). The van der Waals surface area contributed by atoms with Crippen molar-refractivity contribution in [2.45, 2.75) is 43.7 Å². The quantitative estimate of drug-likeness (QED) is 0.168. The molecule has 1 atom stereocenters. The first-order chi connectivity index (χ1) is 22.8. The summed E-state index contributed by atoms with van der Waals surface area (Å²) < 4.78 is 40.9. The van der Waals surface area contributed by atoms with Gasteiger partial charge in [0.1, 0.15) is 25.8 Å². The van der Waals surface area contributed by atoms with Crippen molar-refractivity contribution in [3.63, 3.8) is 0 Å². The van der Waals surface area contributed by atoms with Crippen LogP contribution < -0.4 is 19.1 Å². The highest BCUT2D eigenvalue weighted by Crippen LogP contribution is 2.36. The van der Waals surface area contributed by atoms with E-state index in [-0.39, 0.29) is 29.5 Å². The summed E-state index contributed by atoms with van der Waals surface area (Å²) in [6.07, 6.45) is 1.89. The average molecular weight is 676 g/mol. The van der Waals surface area contributed by atoms with Crippen molar-refractivity contribution in [2.24, 2.45) is 0 Å². The highest BCUT2D eigenvalue weighted by molar-refractivity contribution is 7.92. The molecule has 11 heteroatoms. The number of benzene rings is 4. The fourth-order valence-electron chi connectivity index (χ4n) is 5.33. The van der Waals surface area contributed by atoms with Gasteiger partial charge in [0.15, 0.2) is 11.5 Å². The van der Waals surface area contributed by atoms with E-state index in [0.717, 1.165) is 22.7 Å². The van der Waals surface area contributed by atoms with Crippen LogP contribution in [0.25, 0.3) is 0 Å². The van der Waals surface area contributed by atoms with Crippen LogP contribution in [-0.2, 0) is 32.6 Å². The minimum Gasteiger partial charge on any atom is -0.486 e. The number of hydrogen-bond acceptors (Lipinski definition) is 6. The molecule has 9 nitrogen and oxygen atoms in total. The third kappa shape index (κ3) is 8.64. The lowest BCUT2D eigenvalue weighted by atomic mass is 10.0. The van der Waals surface area contributed by atoms with Gasteiger partial charge in [0, 0.05) is 30.6 Å². The summed E-state index contributed by atoms with van der Waals surface area (Å²) in [7, 11) is -4.24. The Labute approximate surface area is 281 Å².